The quantitative estimate of drug-likeness (QED) is 0.0749. The van der Waals surface area contributed by atoms with Gasteiger partial charge in [0.15, 0.2) is 0 Å². The number of aryl methyl sites for hydroxylation is 2. The number of fused-ring (bicyclic) bond motifs is 1. The van der Waals surface area contributed by atoms with Crippen LogP contribution in [0.5, 0.6) is 5.75 Å². The van der Waals surface area contributed by atoms with Gasteiger partial charge in [0, 0.05) is 34.4 Å². The molecule has 7 heteroatoms. The van der Waals surface area contributed by atoms with Crippen LogP contribution in [0.4, 0.5) is 0 Å². The molecule has 2 aromatic heterocycles. The fourth-order valence-electron chi connectivity index (χ4n) is 5.23. The summed E-state index contributed by atoms with van der Waals surface area (Å²) in [6.45, 7) is 12.8. The lowest BCUT2D eigenvalue weighted by atomic mass is 10.1. The largest absolute Gasteiger partial charge is 0.493 e. The van der Waals surface area contributed by atoms with E-state index < -0.39 is 8.56 Å². The van der Waals surface area contributed by atoms with E-state index in [0.29, 0.717) is 17.8 Å². The zero-order valence-corrected chi connectivity index (χ0v) is 27.3. The number of benzene rings is 1. The fraction of sp³-hybridized carbons (Fsp3) is 0.606. The molecule has 0 fully saturated rings. The zero-order chi connectivity index (χ0) is 28.8. The molecule has 0 saturated heterocycles. The maximum absolute atomic E-state index is 13.0. The minimum atomic E-state index is -1.97. The first kappa shape index (κ1) is 32.6. The Morgan fingerprint density at radius 3 is 2.27 bits per heavy atom. The molecule has 0 radical (unpaired) electrons. The Morgan fingerprint density at radius 1 is 0.850 bits per heavy atom. The van der Waals surface area contributed by atoms with E-state index in [9.17, 15) is 4.79 Å². The molecule has 40 heavy (non-hydrogen) atoms. The normalized spacial score (nSPS) is 11.9. The van der Waals surface area contributed by atoms with Gasteiger partial charge in [-0.15, -0.1) is 11.3 Å². The summed E-state index contributed by atoms with van der Waals surface area (Å²) in [5.41, 5.74) is 2.22. The monoisotopic (exact) mass is 586 g/mol. The molecule has 2 heterocycles. The molecule has 3 aromatic rings. The summed E-state index contributed by atoms with van der Waals surface area (Å²) in [5, 5.41) is 0.928. The standard InChI is InChI=1S/C33H50O5SSi/c1-6-10-15-18-29-23-26(7-2)32(39-29)30-24-27-19-20-28(25-31(27)38-33(30)34)35-21-16-13-11-12-14-17-22-40(5,36-8-3)37-9-4/h19-20,23-25H,6-18,21-22H2,1-5H3. The summed E-state index contributed by atoms with van der Waals surface area (Å²) in [6.07, 6.45) is 12.6. The minimum Gasteiger partial charge on any atom is -0.493 e. The predicted octanol–water partition coefficient (Wildman–Crippen LogP) is 9.68. The van der Waals surface area contributed by atoms with E-state index >= 15 is 0 Å². The Bertz CT molecular complexity index is 1210. The molecule has 0 unspecified atom stereocenters. The van der Waals surface area contributed by atoms with Crippen molar-refractivity contribution in [2.45, 2.75) is 111 Å². The van der Waals surface area contributed by atoms with Gasteiger partial charge in [0.25, 0.3) is 0 Å². The van der Waals surface area contributed by atoms with Crippen molar-refractivity contribution in [3.8, 4) is 16.2 Å². The Morgan fingerprint density at radius 2 is 1.57 bits per heavy atom. The lowest BCUT2D eigenvalue weighted by Crippen LogP contribution is -2.38. The fourth-order valence-corrected chi connectivity index (χ4v) is 9.01. The SMILES string of the molecule is CCCCCc1cc(CC)c(-c2cc3ccc(OCCCCCCCC[Si](C)(OCC)OCC)cc3oc2=O)s1. The van der Waals surface area contributed by atoms with Crippen molar-refractivity contribution in [2.75, 3.05) is 19.8 Å². The third-order valence-electron chi connectivity index (χ3n) is 7.41. The van der Waals surface area contributed by atoms with Crippen molar-refractivity contribution in [3.63, 3.8) is 0 Å². The molecule has 1 aromatic carbocycles. The van der Waals surface area contributed by atoms with Gasteiger partial charge in [-0.05, 0) is 82.0 Å². The zero-order valence-electron chi connectivity index (χ0n) is 25.4. The molecule has 0 N–H and O–H groups in total. The summed E-state index contributed by atoms with van der Waals surface area (Å²) < 4.78 is 23.6. The van der Waals surface area contributed by atoms with Gasteiger partial charge in [0.1, 0.15) is 11.3 Å². The summed E-state index contributed by atoms with van der Waals surface area (Å²) in [7, 11) is -1.97. The van der Waals surface area contributed by atoms with Crippen LogP contribution >= 0.6 is 11.3 Å². The van der Waals surface area contributed by atoms with Gasteiger partial charge in [-0.2, -0.15) is 0 Å². The number of hydrogen-bond acceptors (Lipinski definition) is 6. The molecule has 3 rings (SSSR count). The highest BCUT2D eigenvalue weighted by Gasteiger charge is 2.29. The van der Waals surface area contributed by atoms with Crippen LogP contribution < -0.4 is 10.4 Å². The molecule has 0 atom stereocenters. The summed E-state index contributed by atoms with van der Waals surface area (Å²) in [6, 6.07) is 11.2. The molecule has 0 aliphatic heterocycles. The molecule has 0 aliphatic rings. The molecule has 0 aliphatic carbocycles. The van der Waals surface area contributed by atoms with Gasteiger partial charge in [-0.25, -0.2) is 4.79 Å². The van der Waals surface area contributed by atoms with E-state index in [1.54, 1.807) is 11.3 Å². The van der Waals surface area contributed by atoms with E-state index in [2.05, 4.69) is 26.5 Å². The van der Waals surface area contributed by atoms with Gasteiger partial charge in [-0.1, -0.05) is 58.8 Å². The van der Waals surface area contributed by atoms with Crippen LogP contribution in [-0.2, 0) is 21.7 Å². The first-order chi connectivity index (χ1) is 19.4. The van der Waals surface area contributed by atoms with Crippen LogP contribution in [0.3, 0.4) is 0 Å². The summed E-state index contributed by atoms with van der Waals surface area (Å²) in [4.78, 5) is 15.4. The number of unbranched alkanes of at least 4 members (excludes halogenated alkanes) is 7. The van der Waals surface area contributed by atoms with Gasteiger partial charge in [-0.3, -0.25) is 0 Å². The topological polar surface area (TPSA) is 57.9 Å². The maximum atomic E-state index is 13.0. The van der Waals surface area contributed by atoms with Crippen molar-refractivity contribution >= 4 is 30.9 Å². The second-order valence-electron chi connectivity index (χ2n) is 10.7. The van der Waals surface area contributed by atoms with Crippen molar-refractivity contribution in [2.24, 2.45) is 0 Å². The average Bonchev–Trinajstić information content (AvgIpc) is 3.35. The summed E-state index contributed by atoms with van der Waals surface area (Å²) in [5.74, 6) is 0.753. The molecule has 0 spiro atoms. The van der Waals surface area contributed by atoms with Gasteiger partial charge < -0.3 is 18.0 Å². The molecule has 5 nitrogen and oxygen atoms in total. The third-order valence-corrected chi connectivity index (χ3v) is 11.7. The van der Waals surface area contributed by atoms with Crippen LogP contribution in [0.25, 0.3) is 21.4 Å². The predicted molar refractivity (Wildman–Crippen MR) is 171 cm³/mol. The van der Waals surface area contributed by atoms with E-state index in [4.69, 9.17) is 18.0 Å². The molecular formula is C33H50O5SSi. The third kappa shape index (κ3) is 9.86. The Balaban J connectivity index is 1.47. The number of thiophene rings is 1. The van der Waals surface area contributed by atoms with Crippen LogP contribution in [-0.4, -0.2) is 28.4 Å². The molecule has 0 saturated carbocycles. The first-order valence-electron chi connectivity index (χ1n) is 15.5. The van der Waals surface area contributed by atoms with E-state index in [1.807, 2.05) is 38.1 Å². The minimum absolute atomic E-state index is 0.271. The highest BCUT2D eigenvalue weighted by Crippen LogP contribution is 2.34. The molecule has 0 amide bonds. The van der Waals surface area contributed by atoms with E-state index in [1.165, 1.54) is 55.4 Å². The Labute approximate surface area is 246 Å². The molecule has 222 valence electrons. The van der Waals surface area contributed by atoms with Gasteiger partial charge >= 0.3 is 14.2 Å². The van der Waals surface area contributed by atoms with E-state index in [0.717, 1.165) is 61.0 Å². The molecule has 0 bridgehead atoms. The second kappa shape index (κ2) is 17.1. The average molecular weight is 587 g/mol. The van der Waals surface area contributed by atoms with Crippen LogP contribution in [0.15, 0.2) is 39.5 Å². The first-order valence-corrected chi connectivity index (χ1v) is 18.9. The second-order valence-corrected chi connectivity index (χ2v) is 15.2. The van der Waals surface area contributed by atoms with Crippen molar-refractivity contribution in [3.05, 3.63) is 51.2 Å². The highest BCUT2D eigenvalue weighted by molar-refractivity contribution is 7.15. The van der Waals surface area contributed by atoms with Gasteiger partial charge in [0.05, 0.1) is 12.2 Å². The number of ether oxygens (including phenoxy) is 1. The van der Waals surface area contributed by atoms with Crippen molar-refractivity contribution < 1.29 is 18.0 Å². The Hall–Kier alpha value is -1.93. The van der Waals surface area contributed by atoms with Crippen LogP contribution in [0, 0.1) is 0 Å². The van der Waals surface area contributed by atoms with Crippen molar-refractivity contribution in [1.29, 1.82) is 0 Å². The maximum Gasteiger partial charge on any atom is 0.345 e. The van der Waals surface area contributed by atoms with Gasteiger partial charge in [0.2, 0.25) is 0 Å². The number of hydrogen-bond donors (Lipinski definition) is 0. The Kier molecular flexibility index (Phi) is 13.9. The van der Waals surface area contributed by atoms with Crippen LogP contribution in [0.1, 0.15) is 95.9 Å². The lowest BCUT2D eigenvalue weighted by molar-refractivity contribution is 0.188. The highest BCUT2D eigenvalue weighted by atomic mass is 32.1. The lowest BCUT2D eigenvalue weighted by Gasteiger charge is -2.25. The number of rotatable bonds is 20. The smallest absolute Gasteiger partial charge is 0.345 e. The van der Waals surface area contributed by atoms with Crippen molar-refractivity contribution in [1.82, 2.24) is 0 Å². The van der Waals surface area contributed by atoms with Crippen LogP contribution in [0.2, 0.25) is 12.6 Å². The molecular weight excluding hydrogens is 537 g/mol. The van der Waals surface area contributed by atoms with E-state index in [-0.39, 0.29) is 5.63 Å². The summed E-state index contributed by atoms with van der Waals surface area (Å²) >= 11 is 1.75.